The van der Waals surface area contributed by atoms with Crippen molar-refractivity contribution in [3.63, 3.8) is 0 Å². The molecule has 0 spiro atoms. The van der Waals surface area contributed by atoms with E-state index in [0.717, 1.165) is 18.4 Å². The third kappa shape index (κ3) is 7.04. The van der Waals surface area contributed by atoms with Gasteiger partial charge in [0.05, 0.1) is 24.1 Å². The zero-order chi connectivity index (χ0) is 22.1. The predicted molar refractivity (Wildman–Crippen MR) is 130 cm³/mol. The van der Waals surface area contributed by atoms with Crippen LogP contribution in [0.25, 0.3) is 0 Å². The van der Waals surface area contributed by atoms with E-state index in [4.69, 9.17) is 0 Å². The van der Waals surface area contributed by atoms with Crippen LogP contribution in [0.1, 0.15) is 101 Å². The van der Waals surface area contributed by atoms with E-state index >= 15 is 0 Å². The summed E-state index contributed by atoms with van der Waals surface area (Å²) >= 11 is 0. The molecule has 1 unspecified atom stereocenters. The van der Waals surface area contributed by atoms with Crippen LogP contribution in [0.4, 0.5) is 0 Å². The molecule has 5 heteroatoms. The summed E-state index contributed by atoms with van der Waals surface area (Å²) < 4.78 is 34.2. The van der Waals surface area contributed by atoms with Gasteiger partial charge in [0.1, 0.15) is 4.90 Å². The maximum atomic E-state index is 12.1. The van der Waals surface area contributed by atoms with Gasteiger partial charge in [-0.2, -0.15) is 8.42 Å². The van der Waals surface area contributed by atoms with Gasteiger partial charge >= 0.3 is 0 Å². The Morgan fingerprint density at radius 3 is 1.72 bits per heavy atom. The lowest BCUT2D eigenvalue weighted by atomic mass is 10.00. The van der Waals surface area contributed by atoms with Crippen molar-refractivity contribution >= 4 is 17.4 Å². The molecule has 0 saturated heterocycles. The van der Waals surface area contributed by atoms with Crippen molar-refractivity contribution < 1.29 is 13.0 Å². The van der Waals surface area contributed by atoms with E-state index in [1.807, 2.05) is 13.0 Å². The van der Waals surface area contributed by atoms with Crippen LogP contribution in [0.3, 0.4) is 0 Å². The van der Waals surface area contributed by atoms with Crippen molar-refractivity contribution in [3.05, 3.63) is 28.8 Å². The van der Waals surface area contributed by atoms with E-state index in [1.165, 1.54) is 62.6 Å². The molecule has 3 nitrogen and oxygen atoms in total. The minimum atomic E-state index is -4.22. The Morgan fingerprint density at radius 2 is 1.34 bits per heavy atom. The molecular formula is C24H44O3PS+. The van der Waals surface area contributed by atoms with E-state index in [1.54, 1.807) is 6.92 Å². The second-order valence-electron chi connectivity index (χ2n) is 8.66. The molecule has 0 amide bonds. The molecule has 0 radical (unpaired) electrons. The van der Waals surface area contributed by atoms with E-state index in [-0.39, 0.29) is 4.90 Å². The Kier molecular flexibility index (Phi) is 11.4. The Hall–Kier alpha value is -0.440. The molecule has 1 N–H and O–H groups in total. The molecule has 0 fully saturated rings. The maximum Gasteiger partial charge on any atom is 0.295 e. The lowest BCUT2D eigenvalue weighted by Crippen LogP contribution is -2.19. The summed E-state index contributed by atoms with van der Waals surface area (Å²) in [6.07, 6.45) is 13.6. The van der Waals surface area contributed by atoms with Crippen molar-refractivity contribution in [2.75, 3.05) is 18.5 Å². The highest BCUT2D eigenvalue weighted by molar-refractivity contribution is 7.86. The second kappa shape index (κ2) is 12.4. The van der Waals surface area contributed by atoms with Crippen molar-refractivity contribution in [1.29, 1.82) is 0 Å². The van der Waals surface area contributed by atoms with Gasteiger partial charge in [0.2, 0.25) is 0 Å². The first-order valence-electron chi connectivity index (χ1n) is 11.6. The van der Waals surface area contributed by atoms with Gasteiger partial charge in [0.25, 0.3) is 10.1 Å². The summed E-state index contributed by atoms with van der Waals surface area (Å²) in [7, 11) is -5.50. The average molecular weight is 444 g/mol. The summed E-state index contributed by atoms with van der Waals surface area (Å²) in [5.41, 5.74) is 3.04. The standard InChI is InChI=1S/C24H43O3PS/c1-7-11-17-28(18-12-8-2,19-13-9-3)23(14-10-4)22-16-15-20(5)24(21(22)6)29(25,26)27/h15-16,23H,7-14,17-19H2,1-6H3/p+1. The molecule has 0 aromatic heterocycles. The van der Waals surface area contributed by atoms with Crippen LogP contribution >= 0.6 is 7.26 Å². The molecule has 0 bridgehead atoms. The van der Waals surface area contributed by atoms with Crippen molar-refractivity contribution in [2.24, 2.45) is 0 Å². The van der Waals surface area contributed by atoms with Crippen molar-refractivity contribution in [1.82, 2.24) is 0 Å². The van der Waals surface area contributed by atoms with E-state index in [0.29, 0.717) is 11.2 Å². The quantitative estimate of drug-likeness (QED) is 0.236. The molecular weight excluding hydrogens is 399 g/mol. The number of hydrogen-bond donors (Lipinski definition) is 1. The molecule has 1 aromatic carbocycles. The Bertz CT molecular complexity index is 706. The first-order valence-corrected chi connectivity index (χ1v) is 15.5. The maximum absolute atomic E-state index is 12.1. The summed E-state index contributed by atoms with van der Waals surface area (Å²) in [6.45, 7) is 12.8. The Balaban J connectivity index is 3.66. The smallest absolute Gasteiger partial charge is 0.282 e. The third-order valence-corrected chi connectivity index (χ3v) is 13.0. The minimum absolute atomic E-state index is 0.135. The molecule has 1 rings (SSSR count). The number of benzene rings is 1. The van der Waals surface area contributed by atoms with Crippen LogP contribution in [-0.4, -0.2) is 31.5 Å². The number of aryl methyl sites for hydroxylation is 1. The number of rotatable bonds is 14. The number of unbranched alkanes of at least 4 members (excludes halogenated alkanes) is 3. The van der Waals surface area contributed by atoms with Crippen molar-refractivity contribution in [2.45, 2.75) is 103 Å². The monoisotopic (exact) mass is 443 g/mol. The average Bonchev–Trinajstić information content (AvgIpc) is 2.66. The zero-order valence-electron chi connectivity index (χ0n) is 19.6. The number of hydrogen-bond acceptors (Lipinski definition) is 2. The molecule has 1 aromatic rings. The molecule has 168 valence electrons. The van der Waals surface area contributed by atoms with E-state index in [9.17, 15) is 13.0 Å². The van der Waals surface area contributed by atoms with Gasteiger partial charge in [-0.15, -0.1) is 0 Å². The Labute approximate surface area is 181 Å². The van der Waals surface area contributed by atoms with Crippen molar-refractivity contribution in [3.8, 4) is 0 Å². The largest absolute Gasteiger partial charge is 0.295 e. The fraction of sp³-hybridized carbons (Fsp3) is 0.750. The fourth-order valence-corrected chi connectivity index (χ4v) is 11.9. The highest BCUT2D eigenvalue weighted by Gasteiger charge is 2.45. The molecule has 0 saturated carbocycles. The first-order chi connectivity index (χ1) is 13.7. The fourth-order valence-electron chi connectivity index (χ4n) is 4.82. The molecule has 0 aliphatic heterocycles. The topological polar surface area (TPSA) is 54.4 Å². The molecule has 0 aliphatic carbocycles. The highest BCUT2D eigenvalue weighted by Crippen LogP contribution is 2.72. The van der Waals surface area contributed by atoms with Crippen LogP contribution in [-0.2, 0) is 10.1 Å². The normalized spacial score (nSPS) is 13.6. The van der Waals surface area contributed by atoms with E-state index in [2.05, 4.69) is 33.8 Å². The van der Waals surface area contributed by atoms with Gasteiger partial charge in [0, 0.05) is 7.26 Å². The SMILES string of the molecule is CCCC[P+](CCCC)(CCCC)C(CCC)c1ccc(C)c(S(=O)(=O)O)c1C. The minimum Gasteiger partial charge on any atom is -0.282 e. The summed E-state index contributed by atoms with van der Waals surface area (Å²) in [6, 6.07) is 4.07. The van der Waals surface area contributed by atoms with Crippen LogP contribution in [0.15, 0.2) is 17.0 Å². The second-order valence-corrected chi connectivity index (χ2v) is 14.4. The predicted octanol–water partition coefficient (Wildman–Crippen LogP) is 7.81. The summed E-state index contributed by atoms with van der Waals surface area (Å²) in [5, 5.41) is 0. The van der Waals surface area contributed by atoms with Crippen LogP contribution in [0, 0.1) is 13.8 Å². The summed E-state index contributed by atoms with van der Waals surface area (Å²) in [4.78, 5) is 0.135. The van der Waals surface area contributed by atoms with E-state index < -0.39 is 17.4 Å². The molecule has 1 atom stereocenters. The van der Waals surface area contributed by atoms with Crippen LogP contribution < -0.4 is 0 Å². The van der Waals surface area contributed by atoms with Crippen LogP contribution in [0.2, 0.25) is 0 Å². The summed E-state index contributed by atoms with van der Waals surface area (Å²) in [5.74, 6) is 0. The van der Waals surface area contributed by atoms with Gasteiger partial charge in [0.15, 0.2) is 0 Å². The van der Waals surface area contributed by atoms with Gasteiger partial charge in [-0.25, -0.2) is 0 Å². The van der Waals surface area contributed by atoms with Crippen LogP contribution in [0.5, 0.6) is 0 Å². The molecule has 0 aliphatic rings. The first kappa shape index (κ1) is 26.6. The highest BCUT2D eigenvalue weighted by atomic mass is 32.2. The zero-order valence-corrected chi connectivity index (χ0v) is 21.3. The van der Waals surface area contributed by atoms with Gasteiger partial charge in [-0.05, 0) is 56.2 Å². The molecule has 29 heavy (non-hydrogen) atoms. The van der Waals surface area contributed by atoms with Gasteiger partial charge < -0.3 is 0 Å². The van der Waals surface area contributed by atoms with Gasteiger partial charge in [-0.3, -0.25) is 4.55 Å². The molecule has 0 heterocycles. The third-order valence-electron chi connectivity index (χ3n) is 6.36. The lowest BCUT2D eigenvalue weighted by Gasteiger charge is -2.37. The Morgan fingerprint density at radius 1 is 0.862 bits per heavy atom. The van der Waals surface area contributed by atoms with Gasteiger partial charge in [-0.1, -0.05) is 65.5 Å². The lowest BCUT2D eigenvalue weighted by molar-refractivity contribution is 0.481.